The Labute approximate surface area is 100 Å². The second kappa shape index (κ2) is 5.56. The van der Waals surface area contributed by atoms with Crippen LogP contribution < -0.4 is 10.6 Å². The molecule has 1 aromatic carbocycles. The number of hydrogen-bond donors (Lipinski definition) is 2. The summed E-state index contributed by atoms with van der Waals surface area (Å²) in [5.74, 6) is 0. The van der Waals surface area contributed by atoms with Gasteiger partial charge in [0.1, 0.15) is 0 Å². The number of rotatable bonds is 5. The molecule has 0 saturated carbocycles. The van der Waals surface area contributed by atoms with Crippen molar-refractivity contribution in [2.75, 3.05) is 17.2 Å². The molecule has 0 unspecified atom stereocenters. The summed E-state index contributed by atoms with van der Waals surface area (Å²) in [6.07, 6.45) is 0. The number of anilines is 2. The van der Waals surface area contributed by atoms with E-state index in [4.69, 9.17) is 0 Å². The molecule has 16 heavy (non-hydrogen) atoms. The molecule has 0 radical (unpaired) electrons. The molecule has 84 valence electrons. The summed E-state index contributed by atoms with van der Waals surface area (Å²) in [6.45, 7) is 3.96. The lowest BCUT2D eigenvalue weighted by molar-refractivity contribution is 1.19. The average molecular weight is 232 g/mol. The number of thiophene rings is 1. The van der Waals surface area contributed by atoms with E-state index in [-0.39, 0.29) is 0 Å². The van der Waals surface area contributed by atoms with Gasteiger partial charge in [-0.15, -0.1) is 11.3 Å². The number of benzene rings is 1. The Hall–Kier alpha value is -1.48. The highest BCUT2D eigenvalue weighted by Gasteiger charge is 1.95. The second-order valence-corrected chi connectivity index (χ2v) is 4.57. The van der Waals surface area contributed by atoms with Crippen molar-refractivity contribution >= 4 is 22.7 Å². The van der Waals surface area contributed by atoms with Gasteiger partial charge in [0.05, 0.1) is 0 Å². The van der Waals surface area contributed by atoms with Crippen LogP contribution in [0.5, 0.6) is 0 Å². The fraction of sp³-hybridized carbons (Fsp3) is 0.231. The molecule has 3 heteroatoms. The molecule has 1 aromatic heterocycles. The molecule has 0 aliphatic rings. The number of hydrogen-bond acceptors (Lipinski definition) is 3. The molecule has 0 bridgehead atoms. The maximum atomic E-state index is 3.40. The first-order valence-electron chi connectivity index (χ1n) is 5.48. The molecular weight excluding hydrogens is 216 g/mol. The van der Waals surface area contributed by atoms with Crippen LogP contribution in [-0.2, 0) is 6.54 Å². The number of nitrogens with one attached hydrogen (secondary N) is 2. The van der Waals surface area contributed by atoms with E-state index < -0.39 is 0 Å². The van der Waals surface area contributed by atoms with Crippen molar-refractivity contribution in [3.63, 3.8) is 0 Å². The van der Waals surface area contributed by atoms with E-state index in [9.17, 15) is 0 Å². The molecular formula is C13H16N2S. The fourth-order valence-corrected chi connectivity index (χ4v) is 2.16. The minimum atomic E-state index is 0.901. The van der Waals surface area contributed by atoms with Gasteiger partial charge in [-0.2, -0.15) is 0 Å². The molecule has 2 N–H and O–H groups in total. The molecule has 0 atom stereocenters. The molecule has 0 fully saturated rings. The van der Waals surface area contributed by atoms with E-state index in [0.29, 0.717) is 0 Å². The van der Waals surface area contributed by atoms with Crippen LogP contribution >= 0.6 is 11.3 Å². The first kappa shape index (κ1) is 11.0. The highest BCUT2D eigenvalue weighted by atomic mass is 32.1. The topological polar surface area (TPSA) is 24.1 Å². The van der Waals surface area contributed by atoms with Gasteiger partial charge in [-0.3, -0.25) is 0 Å². The van der Waals surface area contributed by atoms with Gasteiger partial charge in [-0.25, -0.2) is 0 Å². The van der Waals surface area contributed by atoms with Crippen molar-refractivity contribution in [1.82, 2.24) is 0 Å². The molecule has 1 heterocycles. The van der Waals surface area contributed by atoms with Gasteiger partial charge in [-0.1, -0.05) is 6.07 Å². The highest BCUT2D eigenvalue weighted by molar-refractivity contribution is 7.09. The van der Waals surface area contributed by atoms with Crippen molar-refractivity contribution in [1.29, 1.82) is 0 Å². The molecule has 2 aromatic rings. The SMILES string of the molecule is CCNc1ccc(NCc2cccs2)cc1. The average Bonchev–Trinajstić information content (AvgIpc) is 2.82. The normalized spacial score (nSPS) is 10.1. The van der Waals surface area contributed by atoms with E-state index in [2.05, 4.69) is 59.3 Å². The molecule has 2 nitrogen and oxygen atoms in total. The molecule has 0 saturated heterocycles. The van der Waals surface area contributed by atoms with Gasteiger partial charge in [0.25, 0.3) is 0 Å². The van der Waals surface area contributed by atoms with Crippen LogP contribution in [-0.4, -0.2) is 6.54 Å². The molecule has 0 aliphatic carbocycles. The first-order chi connectivity index (χ1) is 7.88. The maximum Gasteiger partial charge on any atom is 0.0494 e. The Morgan fingerprint density at radius 1 is 1.00 bits per heavy atom. The van der Waals surface area contributed by atoms with Crippen LogP contribution in [0.1, 0.15) is 11.8 Å². The summed E-state index contributed by atoms with van der Waals surface area (Å²) in [6, 6.07) is 12.6. The summed E-state index contributed by atoms with van der Waals surface area (Å²) in [4.78, 5) is 1.36. The van der Waals surface area contributed by atoms with Gasteiger partial charge < -0.3 is 10.6 Å². The lowest BCUT2D eigenvalue weighted by Crippen LogP contribution is -1.99. The Morgan fingerprint density at radius 3 is 2.25 bits per heavy atom. The van der Waals surface area contributed by atoms with Crippen LogP contribution in [0, 0.1) is 0 Å². The summed E-state index contributed by atoms with van der Waals surface area (Å²) >= 11 is 1.78. The largest absolute Gasteiger partial charge is 0.385 e. The third-order valence-corrected chi connectivity index (χ3v) is 3.19. The molecule has 2 rings (SSSR count). The third kappa shape index (κ3) is 3.00. The Kier molecular flexibility index (Phi) is 3.83. The standard InChI is InChI=1S/C13H16N2S/c1-2-14-11-5-7-12(8-6-11)15-10-13-4-3-9-16-13/h3-9,14-15H,2,10H2,1H3. The second-order valence-electron chi connectivity index (χ2n) is 3.54. The van der Waals surface area contributed by atoms with Gasteiger partial charge in [0.15, 0.2) is 0 Å². The lowest BCUT2D eigenvalue weighted by atomic mass is 10.2. The van der Waals surface area contributed by atoms with Crippen molar-refractivity contribution in [2.45, 2.75) is 13.5 Å². The molecule has 0 aliphatic heterocycles. The summed E-state index contributed by atoms with van der Waals surface area (Å²) < 4.78 is 0. The zero-order valence-corrected chi connectivity index (χ0v) is 10.2. The monoisotopic (exact) mass is 232 g/mol. The maximum absolute atomic E-state index is 3.40. The summed E-state index contributed by atoms with van der Waals surface area (Å²) in [5, 5.41) is 8.78. The van der Waals surface area contributed by atoms with Crippen LogP contribution in [0.2, 0.25) is 0 Å². The highest BCUT2D eigenvalue weighted by Crippen LogP contribution is 2.15. The minimum Gasteiger partial charge on any atom is -0.385 e. The lowest BCUT2D eigenvalue weighted by Gasteiger charge is -2.07. The Balaban J connectivity index is 1.90. The van der Waals surface area contributed by atoms with Crippen molar-refractivity contribution in [3.05, 3.63) is 46.7 Å². The summed E-state index contributed by atoms with van der Waals surface area (Å²) in [5.41, 5.74) is 2.33. The van der Waals surface area contributed by atoms with E-state index in [0.717, 1.165) is 18.8 Å². The van der Waals surface area contributed by atoms with Crippen molar-refractivity contribution < 1.29 is 0 Å². The third-order valence-electron chi connectivity index (χ3n) is 2.31. The Morgan fingerprint density at radius 2 is 1.69 bits per heavy atom. The van der Waals surface area contributed by atoms with E-state index in [1.165, 1.54) is 10.6 Å². The van der Waals surface area contributed by atoms with Gasteiger partial charge in [-0.05, 0) is 42.6 Å². The van der Waals surface area contributed by atoms with Crippen LogP contribution in [0.25, 0.3) is 0 Å². The predicted octanol–water partition coefficient (Wildman–Crippen LogP) is 3.79. The molecule has 0 amide bonds. The first-order valence-corrected chi connectivity index (χ1v) is 6.36. The molecule has 0 spiro atoms. The predicted molar refractivity (Wildman–Crippen MR) is 72.3 cm³/mol. The van der Waals surface area contributed by atoms with Crippen LogP contribution in [0.4, 0.5) is 11.4 Å². The van der Waals surface area contributed by atoms with E-state index in [1.807, 2.05) is 0 Å². The Bertz CT molecular complexity index is 406. The van der Waals surface area contributed by atoms with Gasteiger partial charge in [0.2, 0.25) is 0 Å². The zero-order chi connectivity index (χ0) is 11.2. The smallest absolute Gasteiger partial charge is 0.0494 e. The van der Waals surface area contributed by atoms with Crippen LogP contribution in [0.3, 0.4) is 0 Å². The summed E-state index contributed by atoms with van der Waals surface area (Å²) in [7, 11) is 0. The van der Waals surface area contributed by atoms with Crippen LogP contribution in [0.15, 0.2) is 41.8 Å². The quantitative estimate of drug-likeness (QED) is 0.819. The minimum absolute atomic E-state index is 0.901. The van der Waals surface area contributed by atoms with Crippen molar-refractivity contribution in [2.24, 2.45) is 0 Å². The van der Waals surface area contributed by atoms with Crippen molar-refractivity contribution in [3.8, 4) is 0 Å². The fourth-order valence-electron chi connectivity index (χ4n) is 1.51. The van der Waals surface area contributed by atoms with E-state index >= 15 is 0 Å². The van der Waals surface area contributed by atoms with Gasteiger partial charge in [0, 0.05) is 29.3 Å². The van der Waals surface area contributed by atoms with E-state index in [1.54, 1.807) is 11.3 Å². The zero-order valence-electron chi connectivity index (χ0n) is 9.36. The van der Waals surface area contributed by atoms with Gasteiger partial charge >= 0.3 is 0 Å².